The summed E-state index contributed by atoms with van der Waals surface area (Å²) in [6, 6.07) is 30.6. The fourth-order valence-corrected chi connectivity index (χ4v) is 6.04. The fourth-order valence-electron chi connectivity index (χ4n) is 6.04. The molecule has 0 aliphatic heterocycles. The van der Waals surface area contributed by atoms with E-state index in [1.165, 1.54) is 6.07 Å². The van der Waals surface area contributed by atoms with Gasteiger partial charge in [0.25, 0.3) is 0 Å². The third-order valence-electron chi connectivity index (χ3n) is 8.79. The van der Waals surface area contributed by atoms with E-state index in [9.17, 15) is 19.2 Å². The molecular formula is C46H36O9. The minimum atomic E-state index is -0.587. The highest BCUT2D eigenvalue weighted by Gasteiger charge is 2.19. The average molecular weight is 733 g/mol. The summed E-state index contributed by atoms with van der Waals surface area (Å²) in [5.41, 5.74) is 6.68. The molecule has 1 aromatic heterocycles. The Hall–Kier alpha value is -7.26. The van der Waals surface area contributed by atoms with Crippen LogP contribution in [0.5, 0.6) is 23.0 Å². The molecule has 0 N–H and O–H groups in total. The zero-order valence-electron chi connectivity index (χ0n) is 30.5. The predicted molar refractivity (Wildman–Crippen MR) is 212 cm³/mol. The summed E-state index contributed by atoms with van der Waals surface area (Å²) in [6.45, 7) is 14.1. The number of rotatable bonds is 12. The minimum absolute atomic E-state index is 0.223. The van der Waals surface area contributed by atoms with E-state index in [1.54, 1.807) is 62.6 Å². The zero-order valence-corrected chi connectivity index (χ0v) is 30.5. The number of ether oxygens (including phenoxy) is 4. The van der Waals surface area contributed by atoms with Crippen LogP contribution in [0, 0.1) is 0 Å². The van der Waals surface area contributed by atoms with Gasteiger partial charge in [-0.15, -0.1) is 0 Å². The summed E-state index contributed by atoms with van der Waals surface area (Å²) in [5, 5.41) is 0.622. The molecule has 0 atom stereocenters. The van der Waals surface area contributed by atoms with E-state index in [0.717, 1.165) is 45.5 Å². The molecule has 6 rings (SSSR count). The van der Waals surface area contributed by atoms with Crippen LogP contribution >= 0.6 is 0 Å². The average Bonchev–Trinajstić information content (AvgIpc) is 3.20. The van der Waals surface area contributed by atoms with E-state index in [0.29, 0.717) is 45.7 Å². The van der Waals surface area contributed by atoms with Gasteiger partial charge in [0, 0.05) is 34.7 Å². The summed E-state index contributed by atoms with van der Waals surface area (Å²) in [6.07, 6.45) is 2.84. The number of benzene rings is 5. The third kappa shape index (κ3) is 8.21. The van der Waals surface area contributed by atoms with Crippen LogP contribution in [0.4, 0.5) is 0 Å². The molecule has 0 aliphatic rings. The second-order valence-electron chi connectivity index (χ2n) is 12.4. The Balaban J connectivity index is 1.51. The van der Waals surface area contributed by atoms with Gasteiger partial charge in [0.1, 0.15) is 28.6 Å². The maximum Gasteiger partial charge on any atom is 0.344 e. The Labute approximate surface area is 317 Å². The Morgan fingerprint density at radius 1 is 0.636 bits per heavy atom. The van der Waals surface area contributed by atoms with Gasteiger partial charge in [0.05, 0.1) is 12.7 Å². The van der Waals surface area contributed by atoms with Crippen molar-refractivity contribution in [2.45, 2.75) is 20.3 Å². The van der Waals surface area contributed by atoms with Crippen LogP contribution in [0.2, 0.25) is 0 Å². The summed E-state index contributed by atoms with van der Waals surface area (Å²) in [5.74, 6) is -0.155. The third-order valence-corrected chi connectivity index (χ3v) is 8.79. The molecule has 274 valence electrons. The molecule has 0 bridgehead atoms. The van der Waals surface area contributed by atoms with Crippen molar-refractivity contribution in [1.29, 1.82) is 0 Å². The fraction of sp³-hybridized carbons (Fsp3) is 0.0870. The summed E-state index contributed by atoms with van der Waals surface area (Å²) in [4.78, 5) is 49.4. The highest BCUT2D eigenvalue weighted by Crippen LogP contribution is 2.43. The first-order valence-corrected chi connectivity index (χ1v) is 17.2. The topological polar surface area (TPSA) is 118 Å². The number of fused-ring (bicyclic) bond motifs is 1. The smallest absolute Gasteiger partial charge is 0.344 e. The summed E-state index contributed by atoms with van der Waals surface area (Å²) < 4.78 is 27.7. The SMILES string of the molecule is C=CC(=O)Oc1ccc(-c2ccc(-c3ccc(OC(=O)C=C)cc3CC)c(-c3cc(-c4cc5ccc(OC(=O)C(=C)C)cc5oc4=O)ccc3OC)c2)cc1. The van der Waals surface area contributed by atoms with E-state index in [-0.39, 0.29) is 16.9 Å². The minimum Gasteiger partial charge on any atom is -0.496 e. The summed E-state index contributed by atoms with van der Waals surface area (Å²) in [7, 11) is 1.58. The van der Waals surface area contributed by atoms with Crippen LogP contribution in [0.3, 0.4) is 0 Å². The first kappa shape index (κ1) is 37.5. The van der Waals surface area contributed by atoms with E-state index in [1.807, 2.05) is 55.5 Å². The van der Waals surface area contributed by atoms with Crippen LogP contribution in [-0.2, 0) is 20.8 Å². The Morgan fingerprint density at radius 3 is 1.91 bits per heavy atom. The number of carbonyl (C=O) groups is 3. The highest BCUT2D eigenvalue weighted by molar-refractivity contribution is 5.93. The molecule has 9 nitrogen and oxygen atoms in total. The van der Waals surface area contributed by atoms with Crippen LogP contribution in [0.25, 0.3) is 55.5 Å². The molecular weight excluding hydrogens is 696 g/mol. The van der Waals surface area contributed by atoms with Crippen molar-refractivity contribution in [2.75, 3.05) is 7.11 Å². The lowest BCUT2D eigenvalue weighted by Gasteiger charge is -2.19. The van der Waals surface area contributed by atoms with Crippen molar-refractivity contribution in [3.05, 3.63) is 157 Å². The van der Waals surface area contributed by atoms with Gasteiger partial charge in [-0.2, -0.15) is 0 Å². The standard InChI is InChI=1S/C46H36O9/c1-7-28-22-34(53-44(48)9-3)18-20-36(28)37-19-13-30(29-10-15-33(16-11-29)52-43(47)8-2)23-39(37)40-24-31(14-21-41(40)51-6)38-25-32-12-17-35(54-45(49)27(4)5)26-42(32)55-46(38)50/h8-26H,2-4,7H2,1,5-6H3. The number of esters is 3. The van der Waals surface area contributed by atoms with E-state index in [4.69, 9.17) is 23.4 Å². The molecule has 0 unspecified atom stereocenters. The molecule has 0 spiro atoms. The van der Waals surface area contributed by atoms with Crippen molar-refractivity contribution in [1.82, 2.24) is 0 Å². The number of methoxy groups -OCH3 is 1. The van der Waals surface area contributed by atoms with Crippen LogP contribution < -0.4 is 24.6 Å². The van der Waals surface area contributed by atoms with Crippen molar-refractivity contribution in [3.63, 3.8) is 0 Å². The molecule has 1 heterocycles. The lowest BCUT2D eigenvalue weighted by Crippen LogP contribution is -2.08. The molecule has 0 saturated carbocycles. The highest BCUT2D eigenvalue weighted by atomic mass is 16.5. The molecule has 0 radical (unpaired) electrons. The molecule has 0 saturated heterocycles. The number of carbonyl (C=O) groups excluding carboxylic acids is 3. The Bertz CT molecular complexity index is 2570. The lowest BCUT2D eigenvalue weighted by atomic mass is 9.87. The number of hydrogen-bond acceptors (Lipinski definition) is 9. The van der Waals surface area contributed by atoms with Gasteiger partial charge in [-0.3, -0.25) is 0 Å². The molecule has 6 aromatic rings. The van der Waals surface area contributed by atoms with E-state index < -0.39 is 23.5 Å². The molecule has 5 aromatic carbocycles. The van der Waals surface area contributed by atoms with Crippen LogP contribution in [0.15, 0.2) is 150 Å². The van der Waals surface area contributed by atoms with Gasteiger partial charge in [0.15, 0.2) is 0 Å². The first-order chi connectivity index (χ1) is 26.5. The monoisotopic (exact) mass is 732 g/mol. The van der Waals surface area contributed by atoms with Gasteiger partial charge >= 0.3 is 23.5 Å². The predicted octanol–water partition coefficient (Wildman–Crippen LogP) is 9.70. The van der Waals surface area contributed by atoms with Crippen molar-refractivity contribution < 1.29 is 37.7 Å². The van der Waals surface area contributed by atoms with Crippen molar-refractivity contribution in [3.8, 4) is 67.5 Å². The Morgan fingerprint density at radius 2 is 1.24 bits per heavy atom. The largest absolute Gasteiger partial charge is 0.496 e. The van der Waals surface area contributed by atoms with E-state index >= 15 is 0 Å². The van der Waals surface area contributed by atoms with Gasteiger partial charge in [-0.25, -0.2) is 19.2 Å². The Kier molecular flexibility index (Phi) is 11.0. The molecule has 55 heavy (non-hydrogen) atoms. The lowest BCUT2D eigenvalue weighted by molar-refractivity contribution is -0.130. The van der Waals surface area contributed by atoms with E-state index in [2.05, 4.69) is 19.7 Å². The maximum atomic E-state index is 13.5. The van der Waals surface area contributed by atoms with Gasteiger partial charge in [0.2, 0.25) is 0 Å². The molecule has 0 fully saturated rings. The van der Waals surface area contributed by atoms with Crippen molar-refractivity contribution in [2.24, 2.45) is 0 Å². The maximum absolute atomic E-state index is 13.5. The first-order valence-electron chi connectivity index (χ1n) is 17.2. The van der Waals surface area contributed by atoms with Gasteiger partial charge < -0.3 is 23.4 Å². The van der Waals surface area contributed by atoms with Crippen molar-refractivity contribution >= 4 is 28.9 Å². The molecule has 0 amide bonds. The van der Waals surface area contributed by atoms with Crippen LogP contribution in [-0.4, -0.2) is 25.0 Å². The quantitative estimate of drug-likeness (QED) is 0.0524. The number of aryl methyl sites for hydroxylation is 1. The van der Waals surface area contributed by atoms with Gasteiger partial charge in [-0.1, -0.05) is 63.1 Å². The summed E-state index contributed by atoms with van der Waals surface area (Å²) >= 11 is 0. The number of hydrogen-bond donors (Lipinski definition) is 0. The van der Waals surface area contributed by atoms with Crippen LogP contribution in [0.1, 0.15) is 19.4 Å². The zero-order chi connectivity index (χ0) is 39.2. The second kappa shape index (κ2) is 16.2. The molecule has 0 aliphatic carbocycles. The normalized spacial score (nSPS) is 10.7. The molecule has 9 heteroatoms. The second-order valence-corrected chi connectivity index (χ2v) is 12.4. The van der Waals surface area contributed by atoms with Gasteiger partial charge in [-0.05, 0) is 113 Å².